The highest BCUT2D eigenvalue weighted by atomic mass is 15.3. The molecule has 1 N–H and O–H groups in total. The monoisotopic (exact) mass is 230 g/mol. The first-order valence-corrected chi connectivity index (χ1v) is 5.92. The standard InChI is InChI=1S/C13H18N4/c1-3-4-5-12-11(2)15-8-9-17(12)13-10-14-6-7-16-13/h3-7,10-11,15H,8-9H2,1-2H3/b4-3-,12-5+. The van der Waals surface area contributed by atoms with Crippen molar-refractivity contribution in [2.75, 3.05) is 18.0 Å². The van der Waals surface area contributed by atoms with Gasteiger partial charge in [0.2, 0.25) is 0 Å². The van der Waals surface area contributed by atoms with Crippen LogP contribution < -0.4 is 10.2 Å². The molecule has 0 bridgehead atoms. The van der Waals surface area contributed by atoms with Gasteiger partial charge in [-0.3, -0.25) is 4.98 Å². The Morgan fingerprint density at radius 1 is 1.47 bits per heavy atom. The summed E-state index contributed by atoms with van der Waals surface area (Å²) in [6, 6.07) is 0.335. The van der Waals surface area contributed by atoms with Crippen LogP contribution in [0.1, 0.15) is 13.8 Å². The third kappa shape index (κ3) is 2.71. The second-order valence-electron chi connectivity index (χ2n) is 4.01. The highest BCUT2D eigenvalue weighted by molar-refractivity contribution is 5.47. The molecule has 1 fully saturated rings. The molecular formula is C13H18N4. The van der Waals surface area contributed by atoms with Crippen molar-refractivity contribution in [2.45, 2.75) is 19.9 Å². The molecule has 1 aliphatic heterocycles. The van der Waals surface area contributed by atoms with E-state index in [9.17, 15) is 0 Å². The SMILES string of the molecule is C/C=C\C=C1/C(C)NCCN1c1cnccn1. The van der Waals surface area contributed by atoms with Gasteiger partial charge in [0.25, 0.3) is 0 Å². The molecule has 0 amide bonds. The number of allylic oxidation sites excluding steroid dienone is 3. The van der Waals surface area contributed by atoms with Gasteiger partial charge in [0, 0.05) is 37.2 Å². The molecule has 4 nitrogen and oxygen atoms in total. The van der Waals surface area contributed by atoms with Gasteiger partial charge < -0.3 is 10.2 Å². The second-order valence-corrected chi connectivity index (χ2v) is 4.01. The molecule has 1 aromatic heterocycles. The molecular weight excluding hydrogens is 212 g/mol. The number of anilines is 1. The van der Waals surface area contributed by atoms with Crippen molar-refractivity contribution in [1.29, 1.82) is 0 Å². The van der Waals surface area contributed by atoms with Gasteiger partial charge in [-0.05, 0) is 19.9 Å². The van der Waals surface area contributed by atoms with Gasteiger partial charge in [0.1, 0.15) is 0 Å². The van der Waals surface area contributed by atoms with Crippen LogP contribution >= 0.6 is 0 Å². The minimum absolute atomic E-state index is 0.335. The van der Waals surface area contributed by atoms with E-state index in [0.29, 0.717) is 6.04 Å². The maximum Gasteiger partial charge on any atom is 0.151 e. The Morgan fingerprint density at radius 2 is 2.35 bits per heavy atom. The lowest BCUT2D eigenvalue weighted by atomic mass is 10.1. The Balaban J connectivity index is 2.30. The predicted octanol–water partition coefficient (Wildman–Crippen LogP) is 1.73. The molecule has 0 aliphatic carbocycles. The minimum Gasteiger partial charge on any atom is -0.326 e. The van der Waals surface area contributed by atoms with Crippen molar-refractivity contribution in [3.05, 3.63) is 42.5 Å². The molecule has 1 unspecified atom stereocenters. The van der Waals surface area contributed by atoms with E-state index in [4.69, 9.17) is 0 Å². The molecule has 0 aromatic carbocycles. The van der Waals surface area contributed by atoms with Crippen molar-refractivity contribution < 1.29 is 0 Å². The zero-order valence-electron chi connectivity index (χ0n) is 10.3. The van der Waals surface area contributed by atoms with E-state index in [1.54, 1.807) is 12.4 Å². The quantitative estimate of drug-likeness (QED) is 0.840. The van der Waals surface area contributed by atoms with Gasteiger partial charge >= 0.3 is 0 Å². The number of rotatable bonds is 2. The third-order valence-electron chi connectivity index (χ3n) is 2.83. The molecule has 0 radical (unpaired) electrons. The van der Waals surface area contributed by atoms with Crippen LogP contribution in [0.15, 0.2) is 42.5 Å². The van der Waals surface area contributed by atoms with Crippen molar-refractivity contribution in [2.24, 2.45) is 0 Å². The summed E-state index contributed by atoms with van der Waals surface area (Å²) in [5, 5.41) is 3.45. The Bertz CT molecular complexity index is 411. The first kappa shape index (κ1) is 11.8. The van der Waals surface area contributed by atoms with Crippen LogP contribution in [0.4, 0.5) is 5.82 Å². The van der Waals surface area contributed by atoms with E-state index < -0.39 is 0 Å². The van der Waals surface area contributed by atoms with Crippen LogP contribution in [0.25, 0.3) is 0 Å². The summed E-state index contributed by atoms with van der Waals surface area (Å²) in [6.45, 7) is 6.07. The lowest BCUT2D eigenvalue weighted by Crippen LogP contribution is -2.47. The average Bonchev–Trinajstić information content (AvgIpc) is 2.38. The third-order valence-corrected chi connectivity index (χ3v) is 2.83. The molecule has 1 saturated heterocycles. The molecule has 17 heavy (non-hydrogen) atoms. The van der Waals surface area contributed by atoms with E-state index in [2.05, 4.69) is 39.3 Å². The Kier molecular flexibility index (Phi) is 3.88. The van der Waals surface area contributed by atoms with Crippen LogP contribution in [-0.2, 0) is 0 Å². The molecule has 2 rings (SSSR count). The van der Waals surface area contributed by atoms with Gasteiger partial charge in [-0.1, -0.05) is 12.2 Å². The largest absolute Gasteiger partial charge is 0.326 e. The van der Waals surface area contributed by atoms with Crippen molar-refractivity contribution >= 4 is 5.82 Å². The fraction of sp³-hybridized carbons (Fsp3) is 0.385. The van der Waals surface area contributed by atoms with Crippen LogP contribution in [0.5, 0.6) is 0 Å². The van der Waals surface area contributed by atoms with Crippen LogP contribution in [0.2, 0.25) is 0 Å². The van der Waals surface area contributed by atoms with E-state index in [1.807, 2.05) is 19.2 Å². The number of nitrogens with zero attached hydrogens (tertiary/aromatic N) is 3. The first-order chi connectivity index (χ1) is 8.33. The molecule has 4 heteroatoms. The van der Waals surface area contributed by atoms with Crippen molar-refractivity contribution in [3.63, 3.8) is 0 Å². The normalized spacial score (nSPS) is 23.5. The van der Waals surface area contributed by atoms with Crippen molar-refractivity contribution in [3.8, 4) is 0 Å². The van der Waals surface area contributed by atoms with Crippen LogP contribution in [0.3, 0.4) is 0 Å². The number of hydrogen-bond acceptors (Lipinski definition) is 4. The van der Waals surface area contributed by atoms with E-state index >= 15 is 0 Å². The molecule has 1 atom stereocenters. The summed E-state index contributed by atoms with van der Waals surface area (Å²) >= 11 is 0. The zero-order chi connectivity index (χ0) is 12.1. The van der Waals surface area contributed by atoms with E-state index in [-0.39, 0.29) is 0 Å². The molecule has 2 heterocycles. The summed E-state index contributed by atoms with van der Waals surface area (Å²) < 4.78 is 0. The van der Waals surface area contributed by atoms with Gasteiger partial charge in [0.15, 0.2) is 5.82 Å². The fourth-order valence-corrected chi connectivity index (χ4v) is 1.97. The van der Waals surface area contributed by atoms with Gasteiger partial charge in [0.05, 0.1) is 6.20 Å². The zero-order valence-corrected chi connectivity index (χ0v) is 10.3. The van der Waals surface area contributed by atoms with Crippen molar-refractivity contribution in [1.82, 2.24) is 15.3 Å². The fourth-order valence-electron chi connectivity index (χ4n) is 1.97. The maximum atomic E-state index is 4.37. The van der Waals surface area contributed by atoms with Crippen LogP contribution in [0, 0.1) is 0 Å². The lowest BCUT2D eigenvalue weighted by molar-refractivity contribution is 0.540. The van der Waals surface area contributed by atoms with Gasteiger partial charge in [-0.2, -0.15) is 0 Å². The summed E-state index contributed by atoms with van der Waals surface area (Å²) in [4.78, 5) is 10.7. The molecule has 0 saturated carbocycles. The topological polar surface area (TPSA) is 41.0 Å². The second kappa shape index (κ2) is 5.59. The molecule has 1 aliphatic rings. The number of aromatic nitrogens is 2. The number of piperazine rings is 1. The summed E-state index contributed by atoms with van der Waals surface area (Å²) in [7, 11) is 0. The summed E-state index contributed by atoms with van der Waals surface area (Å²) in [6.07, 6.45) is 11.5. The number of nitrogens with one attached hydrogen (secondary N) is 1. The molecule has 90 valence electrons. The molecule has 1 aromatic rings. The summed E-state index contributed by atoms with van der Waals surface area (Å²) in [5.41, 5.74) is 1.23. The predicted molar refractivity (Wildman–Crippen MR) is 69.7 cm³/mol. The van der Waals surface area contributed by atoms with E-state index in [0.717, 1.165) is 18.9 Å². The van der Waals surface area contributed by atoms with Crippen LogP contribution in [-0.4, -0.2) is 29.1 Å². The Hall–Kier alpha value is -1.68. The maximum absolute atomic E-state index is 4.37. The molecule has 0 spiro atoms. The minimum atomic E-state index is 0.335. The van der Waals surface area contributed by atoms with E-state index in [1.165, 1.54) is 5.70 Å². The first-order valence-electron chi connectivity index (χ1n) is 5.92. The smallest absolute Gasteiger partial charge is 0.151 e. The Morgan fingerprint density at radius 3 is 3.06 bits per heavy atom. The lowest BCUT2D eigenvalue weighted by Gasteiger charge is -2.35. The van der Waals surface area contributed by atoms with Gasteiger partial charge in [-0.15, -0.1) is 0 Å². The highest BCUT2D eigenvalue weighted by Gasteiger charge is 2.22. The number of hydrogen-bond donors (Lipinski definition) is 1. The Labute approximate surface area is 102 Å². The average molecular weight is 230 g/mol. The summed E-state index contributed by atoms with van der Waals surface area (Å²) in [5.74, 6) is 0.914. The highest BCUT2D eigenvalue weighted by Crippen LogP contribution is 2.20. The van der Waals surface area contributed by atoms with Gasteiger partial charge in [-0.25, -0.2) is 4.98 Å².